The van der Waals surface area contributed by atoms with Crippen molar-refractivity contribution in [2.75, 3.05) is 24.9 Å². The molecule has 1 atom stereocenters. The van der Waals surface area contributed by atoms with Gasteiger partial charge >= 0.3 is 0 Å². The number of hydrogen-bond donors (Lipinski definition) is 2. The summed E-state index contributed by atoms with van der Waals surface area (Å²) in [6.07, 6.45) is 1.45. The topological polar surface area (TPSA) is 90.3 Å². The van der Waals surface area contributed by atoms with E-state index in [-0.39, 0.29) is 5.91 Å². The summed E-state index contributed by atoms with van der Waals surface area (Å²) in [5.74, 6) is 1.59. The van der Waals surface area contributed by atoms with E-state index in [0.717, 1.165) is 5.56 Å². The van der Waals surface area contributed by atoms with Crippen LogP contribution < -0.4 is 20.1 Å². The molecule has 1 aliphatic rings. The van der Waals surface area contributed by atoms with Gasteiger partial charge in [0.05, 0.1) is 19.8 Å². The lowest BCUT2D eigenvalue weighted by Gasteiger charge is -2.29. The quantitative estimate of drug-likeness (QED) is 0.694. The van der Waals surface area contributed by atoms with E-state index in [4.69, 9.17) is 9.47 Å². The summed E-state index contributed by atoms with van der Waals surface area (Å²) in [4.78, 5) is 17.6. The molecule has 0 spiro atoms. The van der Waals surface area contributed by atoms with Crippen LogP contribution in [-0.4, -0.2) is 34.9 Å². The fourth-order valence-electron chi connectivity index (χ4n) is 3.45. The third kappa shape index (κ3) is 3.40. The second-order valence-corrected chi connectivity index (χ2v) is 6.52. The first-order valence-corrected chi connectivity index (χ1v) is 9.08. The summed E-state index contributed by atoms with van der Waals surface area (Å²) < 4.78 is 12.7. The van der Waals surface area contributed by atoms with Crippen LogP contribution in [0.25, 0.3) is 0 Å². The number of amides is 1. The van der Waals surface area contributed by atoms with Crippen LogP contribution in [-0.2, 0) is 4.79 Å². The second kappa shape index (κ2) is 7.67. The van der Waals surface area contributed by atoms with Crippen molar-refractivity contribution in [2.45, 2.75) is 13.0 Å². The predicted octanol–water partition coefficient (Wildman–Crippen LogP) is 3.22. The van der Waals surface area contributed by atoms with Crippen molar-refractivity contribution in [3.63, 3.8) is 0 Å². The van der Waals surface area contributed by atoms with Gasteiger partial charge < -0.3 is 20.1 Å². The minimum Gasteiger partial charge on any atom is -0.497 e. The van der Waals surface area contributed by atoms with E-state index in [1.54, 1.807) is 18.9 Å². The zero-order valence-corrected chi connectivity index (χ0v) is 16.3. The molecule has 0 saturated carbocycles. The van der Waals surface area contributed by atoms with Crippen molar-refractivity contribution in [3.8, 4) is 11.5 Å². The van der Waals surface area contributed by atoms with Crippen molar-refractivity contribution < 1.29 is 14.3 Å². The molecule has 0 aliphatic carbocycles. The molecule has 0 radical (unpaired) electrons. The monoisotopic (exact) mass is 391 g/mol. The minimum atomic E-state index is -0.539. The highest BCUT2D eigenvalue weighted by molar-refractivity contribution is 6.06. The van der Waals surface area contributed by atoms with Crippen LogP contribution in [0.4, 0.5) is 11.6 Å². The van der Waals surface area contributed by atoms with Gasteiger partial charge in [0.1, 0.15) is 23.9 Å². The number of hydrogen-bond acceptors (Lipinski definition) is 6. The fourth-order valence-corrected chi connectivity index (χ4v) is 3.45. The zero-order chi connectivity index (χ0) is 20.4. The number of nitrogens with one attached hydrogen (secondary N) is 2. The van der Waals surface area contributed by atoms with Crippen LogP contribution in [0.2, 0.25) is 0 Å². The number of allylic oxidation sites excluding steroid dienone is 1. The van der Waals surface area contributed by atoms with Crippen molar-refractivity contribution in [3.05, 3.63) is 71.7 Å². The Balaban J connectivity index is 1.84. The molecule has 2 N–H and O–H groups in total. The molecule has 0 fully saturated rings. The van der Waals surface area contributed by atoms with Crippen molar-refractivity contribution in [2.24, 2.45) is 0 Å². The Morgan fingerprint density at radius 1 is 1.14 bits per heavy atom. The molecule has 1 amide bonds. The number of benzene rings is 2. The number of methoxy groups -OCH3 is 2. The summed E-state index contributed by atoms with van der Waals surface area (Å²) in [6.45, 7) is 1.84. The van der Waals surface area contributed by atoms with E-state index >= 15 is 0 Å². The minimum absolute atomic E-state index is 0.239. The Labute approximate surface area is 168 Å². The molecule has 8 nitrogen and oxygen atoms in total. The van der Waals surface area contributed by atoms with Gasteiger partial charge in [-0.05, 0) is 37.3 Å². The first-order valence-electron chi connectivity index (χ1n) is 9.08. The molecule has 2 heterocycles. The maximum Gasteiger partial charge on any atom is 0.255 e. The van der Waals surface area contributed by atoms with Gasteiger partial charge in [-0.15, -0.1) is 0 Å². The summed E-state index contributed by atoms with van der Waals surface area (Å²) >= 11 is 0. The van der Waals surface area contributed by atoms with Crippen LogP contribution in [0.15, 0.2) is 66.1 Å². The average molecular weight is 391 g/mol. The van der Waals surface area contributed by atoms with Gasteiger partial charge in [0, 0.05) is 16.9 Å². The van der Waals surface area contributed by atoms with Crippen molar-refractivity contribution >= 4 is 17.5 Å². The zero-order valence-electron chi connectivity index (χ0n) is 16.3. The lowest BCUT2D eigenvalue weighted by atomic mass is 9.94. The van der Waals surface area contributed by atoms with E-state index in [0.29, 0.717) is 34.4 Å². The molecular formula is C21H21N5O3. The standard InChI is InChI=1S/C21H21N5O3/c1-13-18(20(27)25-14-7-5-4-6-8-14)19(26-21(24-13)22-12-23-26)16-11-15(28-2)9-10-17(16)29-3/h4-12,19H,1-3H3,(H,25,27)(H,22,23,24). The van der Waals surface area contributed by atoms with Gasteiger partial charge in [-0.2, -0.15) is 10.1 Å². The fraction of sp³-hybridized carbons (Fsp3) is 0.190. The molecule has 3 aromatic rings. The van der Waals surface area contributed by atoms with Gasteiger partial charge in [0.25, 0.3) is 5.91 Å². The number of anilines is 2. The van der Waals surface area contributed by atoms with Crippen molar-refractivity contribution in [1.82, 2.24) is 14.8 Å². The maximum absolute atomic E-state index is 13.3. The van der Waals surface area contributed by atoms with Crippen LogP contribution in [0.1, 0.15) is 18.5 Å². The van der Waals surface area contributed by atoms with Gasteiger partial charge in [-0.1, -0.05) is 18.2 Å². The first kappa shape index (κ1) is 18.5. The number of rotatable bonds is 5. The third-order valence-corrected chi connectivity index (χ3v) is 4.80. The van der Waals surface area contributed by atoms with Crippen LogP contribution in [0, 0.1) is 0 Å². The van der Waals surface area contributed by atoms with Crippen LogP contribution >= 0.6 is 0 Å². The van der Waals surface area contributed by atoms with E-state index < -0.39 is 6.04 Å². The first-order chi connectivity index (χ1) is 14.1. The Morgan fingerprint density at radius 3 is 2.66 bits per heavy atom. The third-order valence-electron chi connectivity index (χ3n) is 4.80. The Kier molecular flexibility index (Phi) is 4.90. The lowest BCUT2D eigenvalue weighted by molar-refractivity contribution is -0.113. The number of carbonyl (C=O) groups excluding carboxylic acids is 1. The Morgan fingerprint density at radius 2 is 1.93 bits per heavy atom. The second-order valence-electron chi connectivity index (χ2n) is 6.52. The normalized spacial score (nSPS) is 15.3. The average Bonchev–Trinajstić information content (AvgIpc) is 3.20. The summed E-state index contributed by atoms with van der Waals surface area (Å²) in [6, 6.07) is 14.3. The summed E-state index contributed by atoms with van der Waals surface area (Å²) in [5, 5.41) is 10.5. The molecule has 0 saturated heterocycles. The highest BCUT2D eigenvalue weighted by atomic mass is 16.5. The molecule has 148 valence electrons. The number of ether oxygens (including phenoxy) is 2. The number of fused-ring (bicyclic) bond motifs is 1. The molecule has 4 rings (SSSR count). The molecule has 1 unspecified atom stereocenters. The molecular weight excluding hydrogens is 370 g/mol. The van der Waals surface area contributed by atoms with Gasteiger partial charge in [-0.25, -0.2) is 4.68 Å². The van der Waals surface area contributed by atoms with E-state index in [9.17, 15) is 4.79 Å². The SMILES string of the molecule is COc1ccc(OC)c(C2C(C(=O)Nc3ccccc3)=C(C)Nc3ncnn32)c1. The molecule has 29 heavy (non-hydrogen) atoms. The largest absolute Gasteiger partial charge is 0.497 e. The number of nitrogens with zero attached hydrogens (tertiary/aromatic N) is 3. The Bertz CT molecular complexity index is 1070. The predicted molar refractivity (Wildman–Crippen MR) is 109 cm³/mol. The molecule has 8 heteroatoms. The van der Waals surface area contributed by atoms with Crippen molar-refractivity contribution in [1.29, 1.82) is 0 Å². The molecule has 0 bridgehead atoms. The highest BCUT2D eigenvalue weighted by Gasteiger charge is 2.35. The van der Waals surface area contributed by atoms with Crippen LogP contribution in [0.5, 0.6) is 11.5 Å². The van der Waals surface area contributed by atoms with E-state index in [2.05, 4.69) is 20.7 Å². The smallest absolute Gasteiger partial charge is 0.255 e. The highest BCUT2D eigenvalue weighted by Crippen LogP contribution is 2.40. The maximum atomic E-state index is 13.3. The number of carbonyl (C=O) groups is 1. The van der Waals surface area contributed by atoms with E-state index in [1.165, 1.54) is 6.33 Å². The van der Waals surface area contributed by atoms with Gasteiger partial charge in [0.2, 0.25) is 5.95 Å². The summed E-state index contributed by atoms with van der Waals surface area (Å²) in [5.41, 5.74) is 2.66. The number of aromatic nitrogens is 3. The molecule has 1 aliphatic heterocycles. The lowest BCUT2D eigenvalue weighted by Crippen LogP contribution is -2.31. The van der Waals surface area contributed by atoms with Gasteiger partial charge in [-0.3, -0.25) is 4.79 Å². The van der Waals surface area contributed by atoms with Gasteiger partial charge in [0.15, 0.2) is 0 Å². The van der Waals surface area contributed by atoms with Crippen LogP contribution in [0.3, 0.4) is 0 Å². The molecule has 2 aromatic carbocycles. The molecule has 1 aromatic heterocycles. The number of para-hydroxylation sites is 1. The Hall–Kier alpha value is -3.81. The van der Waals surface area contributed by atoms with E-state index in [1.807, 2.05) is 55.5 Å². The summed E-state index contributed by atoms with van der Waals surface area (Å²) in [7, 11) is 3.19.